The van der Waals surface area contributed by atoms with Gasteiger partial charge in [0.25, 0.3) is 5.56 Å². The van der Waals surface area contributed by atoms with E-state index >= 15 is 0 Å². The Bertz CT molecular complexity index is 1200. The summed E-state index contributed by atoms with van der Waals surface area (Å²) in [5.74, 6) is 0.242. The Hall–Kier alpha value is -3.10. The molecule has 0 saturated carbocycles. The van der Waals surface area contributed by atoms with Gasteiger partial charge in [0.2, 0.25) is 0 Å². The molecule has 0 aliphatic heterocycles. The molecule has 0 amide bonds. The summed E-state index contributed by atoms with van der Waals surface area (Å²) in [6.07, 6.45) is 3.50. The van der Waals surface area contributed by atoms with E-state index in [0.717, 1.165) is 11.1 Å². The van der Waals surface area contributed by atoms with Crippen molar-refractivity contribution < 1.29 is 0 Å². The van der Waals surface area contributed by atoms with Gasteiger partial charge >= 0.3 is 0 Å². The monoisotopic (exact) mass is 361 g/mol. The Balaban J connectivity index is 1.99. The Kier molecular flexibility index (Phi) is 4.02. The zero-order valence-electron chi connectivity index (χ0n) is 15.7. The number of nitrogens with zero attached hydrogens (tertiary/aromatic N) is 4. The van der Waals surface area contributed by atoms with E-state index in [9.17, 15) is 4.79 Å². The zero-order chi connectivity index (χ0) is 19.3. The molecule has 4 aromatic heterocycles. The SMILES string of the molecule is [B]C(Nc1c(-c2nc3ncc(C)cc3[nH]2)c(=O)[nH]c2cn(C)nc12)C(C)C. The number of rotatable bonds is 4. The van der Waals surface area contributed by atoms with E-state index in [1.165, 1.54) is 0 Å². The van der Waals surface area contributed by atoms with Gasteiger partial charge in [-0.3, -0.25) is 9.48 Å². The van der Waals surface area contributed by atoms with Gasteiger partial charge in [-0.2, -0.15) is 5.10 Å². The Morgan fingerprint density at radius 1 is 1.26 bits per heavy atom. The predicted octanol–water partition coefficient (Wildman–Crippen LogP) is 2.07. The number of nitrogens with one attached hydrogen (secondary N) is 3. The molecule has 0 aliphatic rings. The number of aromatic nitrogens is 6. The molecule has 136 valence electrons. The molecule has 0 bridgehead atoms. The van der Waals surface area contributed by atoms with Crippen molar-refractivity contribution >= 4 is 35.7 Å². The smallest absolute Gasteiger partial charge is 0.261 e. The van der Waals surface area contributed by atoms with Crippen LogP contribution in [0.4, 0.5) is 5.69 Å². The number of aromatic amines is 2. The minimum absolute atomic E-state index is 0.163. The predicted molar refractivity (Wildman–Crippen MR) is 107 cm³/mol. The number of pyridine rings is 2. The third-order valence-electron chi connectivity index (χ3n) is 4.53. The fourth-order valence-corrected chi connectivity index (χ4v) is 3.00. The molecule has 2 radical (unpaired) electrons. The van der Waals surface area contributed by atoms with Crippen molar-refractivity contribution in [2.45, 2.75) is 26.7 Å². The average Bonchev–Trinajstić information content (AvgIpc) is 3.16. The molecule has 0 fully saturated rings. The molecule has 27 heavy (non-hydrogen) atoms. The maximum atomic E-state index is 12.9. The molecular formula is C18H20BN7O. The van der Waals surface area contributed by atoms with Crippen molar-refractivity contribution in [3.8, 4) is 11.4 Å². The van der Waals surface area contributed by atoms with Crippen LogP contribution < -0.4 is 10.9 Å². The van der Waals surface area contributed by atoms with Gasteiger partial charge in [-0.15, -0.1) is 0 Å². The highest BCUT2D eigenvalue weighted by atomic mass is 16.1. The fourth-order valence-electron chi connectivity index (χ4n) is 3.00. The molecule has 0 aromatic carbocycles. The number of fused-ring (bicyclic) bond motifs is 2. The summed E-state index contributed by atoms with van der Waals surface area (Å²) >= 11 is 0. The molecule has 1 unspecified atom stereocenters. The maximum absolute atomic E-state index is 12.9. The van der Waals surface area contributed by atoms with E-state index in [4.69, 9.17) is 7.85 Å². The molecule has 0 saturated heterocycles. The van der Waals surface area contributed by atoms with Gasteiger partial charge in [0.15, 0.2) is 5.65 Å². The molecule has 0 aliphatic carbocycles. The molecule has 3 N–H and O–H groups in total. The van der Waals surface area contributed by atoms with Gasteiger partial charge in [-0.25, -0.2) is 9.97 Å². The van der Waals surface area contributed by atoms with E-state index in [1.54, 1.807) is 24.1 Å². The minimum atomic E-state index is -0.347. The lowest BCUT2D eigenvalue weighted by Gasteiger charge is -2.21. The molecular weight excluding hydrogens is 341 g/mol. The van der Waals surface area contributed by atoms with Gasteiger partial charge in [0.05, 0.1) is 24.6 Å². The van der Waals surface area contributed by atoms with Crippen LogP contribution in [0.3, 0.4) is 0 Å². The summed E-state index contributed by atoms with van der Waals surface area (Å²) in [4.78, 5) is 27.8. The van der Waals surface area contributed by atoms with E-state index < -0.39 is 0 Å². The summed E-state index contributed by atoms with van der Waals surface area (Å²) < 4.78 is 1.65. The normalized spacial score (nSPS) is 12.9. The van der Waals surface area contributed by atoms with Gasteiger partial charge in [0.1, 0.15) is 16.9 Å². The van der Waals surface area contributed by atoms with Crippen LogP contribution in [0.2, 0.25) is 0 Å². The highest BCUT2D eigenvalue weighted by molar-refractivity contribution is 6.14. The van der Waals surface area contributed by atoms with Gasteiger partial charge in [-0.05, 0) is 30.4 Å². The molecule has 4 heterocycles. The second-order valence-electron chi connectivity index (χ2n) is 7.15. The maximum Gasteiger partial charge on any atom is 0.261 e. The van der Waals surface area contributed by atoms with E-state index in [2.05, 4.69) is 30.4 Å². The number of anilines is 1. The first-order valence-electron chi connectivity index (χ1n) is 8.78. The van der Waals surface area contributed by atoms with Crippen molar-refractivity contribution in [1.82, 2.24) is 29.7 Å². The fraction of sp³-hybridized carbons (Fsp3) is 0.333. The molecule has 1 atom stereocenters. The Labute approximate surface area is 156 Å². The Morgan fingerprint density at radius 3 is 2.78 bits per heavy atom. The zero-order valence-corrected chi connectivity index (χ0v) is 15.7. The van der Waals surface area contributed by atoms with Crippen LogP contribution in [-0.4, -0.2) is 43.5 Å². The average molecular weight is 361 g/mol. The summed E-state index contributed by atoms with van der Waals surface area (Å²) in [7, 11) is 8.04. The number of hydrogen-bond acceptors (Lipinski definition) is 5. The summed E-state index contributed by atoms with van der Waals surface area (Å²) in [5.41, 5.74) is 4.25. The number of hydrogen-bond donors (Lipinski definition) is 3. The van der Waals surface area contributed by atoms with E-state index in [-0.39, 0.29) is 17.4 Å². The third kappa shape index (κ3) is 2.99. The Morgan fingerprint density at radius 2 is 2.04 bits per heavy atom. The van der Waals surface area contributed by atoms with Gasteiger partial charge in [0, 0.05) is 19.4 Å². The van der Waals surface area contributed by atoms with Crippen molar-refractivity contribution in [3.63, 3.8) is 0 Å². The van der Waals surface area contributed by atoms with Crippen molar-refractivity contribution in [2.75, 3.05) is 5.32 Å². The topological polar surface area (TPSA) is 104 Å². The van der Waals surface area contributed by atoms with Gasteiger partial charge in [-0.1, -0.05) is 13.8 Å². The minimum Gasteiger partial charge on any atom is -0.388 e. The molecule has 4 rings (SSSR count). The summed E-state index contributed by atoms with van der Waals surface area (Å²) in [6.45, 7) is 5.97. The molecule has 0 spiro atoms. The second-order valence-corrected chi connectivity index (χ2v) is 7.15. The lowest BCUT2D eigenvalue weighted by atomic mass is 9.85. The molecule has 8 nitrogen and oxygen atoms in total. The summed E-state index contributed by atoms with van der Waals surface area (Å²) in [5, 5.41) is 7.75. The molecule has 9 heteroatoms. The molecule has 4 aromatic rings. The number of imidazole rings is 1. The van der Waals surface area contributed by atoms with Crippen molar-refractivity contribution in [3.05, 3.63) is 34.4 Å². The summed E-state index contributed by atoms with van der Waals surface area (Å²) in [6, 6.07) is 1.94. The van der Waals surface area contributed by atoms with E-state index in [0.29, 0.717) is 33.8 Å². The lowest BCUT2D eigenvalue weighted by Crippen LogP contribution is -2.27. The van der Waals surface area contributed by atoms with Crippen LogP contribution in [-0.2, 0) is 7.05 Å². The van der Waals surface area contributed by atoms with Crippen molar-refractivity contribution in [1.29, 1.82) is 0 Å². The van der Waals surface area contributed by atoms with Crippen LogP contribution in [0.15, 0.2) is 23.3 Å². The first-order valence-corrected chi connectivity index (χ1v) is 8.78. The standard InChI is InChI=1S/C18H20BN7O/c1-8(2)15(19)23-14-12(18(27)22-11-7-26(4)25-13(11)14)17-21-10-5-9(3)6-20-16(10)24-17/h5-8,15,23H,1-4H3,(H,22,27)(H,20,21,24). The van der Waals surface area contributed by atoms with Crippen LogP contribution in [0, 0.1) is 12.8 Å². The third-order valence-corrected chi connectivity index (χ3v) is 4.53. The van der Waals surface area contributed by atoms with E-state index in [1.807, 2.05) is 26.8 Å². The highest BCUT2D eigenvalue weighted by Gasteiger charge is 2.22. The van der Waals surface area contributed by atoms with Crippen LogP contribution >= 0.6 is 0 Å². The number of aryl methyl sites for hydroxylation is 2. The first kappa shape index (κ1) is 17.3. The number of H-pyrrole nitrogens is 2. The van der Waals surface area contributed by atoms with Crippen LogP contribution in [0.5, 0.6) is 0 Å². The van der Waals surface area contributed by atoms with Crippen LogP contribution in [0.1, 0.15) is 19.4 Å². The highest BCUT2D eigenvalue weighted by Crippen LogP contribution is 2.30. The van der Waals surface area contributed by atoms with Gasteiger partial charge < -0.3 is 15.3 Å². The largest absolute Gasteiger partial charge is 0.388 e. The van der Waals surface area contributed by atoms with Crippen molar-refractivity contribution in [2.24, 2.45) is 13.0 Å². The first-order chi connectivity index (χ1) is 12.8. The second kappa shape index (κ2) is 6.26. The quantitative estimate of drug-likeness (QED) is 0.483. The lowest BCUT2D eigenvalue weighted by molar-refractivity contribution is 0.643. The van der Waals surface area contributed by atoms with Crippen LogP contribution in [0.25, 0.3) is 33.6 Å².